The topological polar surface area (TPSA) is 82.2 Å². The molecule has 2 aromatic heterocycles. The summed E-state index contributed by atoms with van der Waals surface area (Å²) < 4.78 is 0. The molecule has 0 radical (unpaired) electrons. The highest BCUT2D eigenvalue weighted by Gasteiger charge is 2.32. The summed E-state index contributed by atoms with van der Waals surface area (Å²) in [6, 6.07) is 7.42. The number of hydrogen-bond donors (Lipinski definition) is 3. The minimum Gasteiger partial charge on any atom is -0.385 e. The molecule has 3 N–H and O–H groups in total. The number of anilines is 2. The molecule has 2 fully saturated rings. The number of aryl methyl sites for hydroxylation is 1. The molecule has 1 aromatic carbocycles. The number of nitrogens with one attached hydrogen (secondary N) is 3. The van der Waals surface area contributed by atoms with Crippen LogP contribution in [0.4, 0.5) is 11.4 Å². The van der Waals surface area contributed by atoms with Crippen LogP contribution in [0.2, 0.25) is 5.02 Å². The number of halogens is 1. The van der Waals surface area contributed by atoms with E-state index in [0.29, 0.717) is 29.9 Å². The van der Waals surface area contributed by atoms with Crippen molar-refractivity contribution in [2.75, 3.05) is 36.9 Å². The van der Waals surface area contributed by atoms with E-state index in [0.717, 1.165) is 51.1 Å². The molecule has 2 bridgehead atoms. The van der Waals surface area contributed by atoms with Gasteiger partial charge in [0.1, 0.15) is 15.2 Å². The van der Waals surface area contributed by atoms with E-state index < -0.39 is 0 Å². The third-order valence-corrected chi connectivity index (χ3v) is 7.62. The van der Waals surface area contributed by atoms with Gasteiger partial charge in [0.05, 0.1) is 22.1 Å². The second-order valence-corrected chi connectivity index (χ2v) is 9.96. The minimum absolute atomic E-state index is 0.115. The summed E-state index contributed by atoms with van der Waals surface area (Å²) in [5.74, 6) is -0.115. The van der Waals surface area contributed by atoms with Crippen LogP contribution in [0.25, 0.3) is 10.3 Å². The zero-order valence-electron chi connectivity index (χ0n) is 18.2. The SMILES string of the molecule is CNc1c(C(=O)NCCc2ccc(N3C[C@H]4CC[C@@H](C3)N4)c(Cl)c2)sc2nc(C)cnc12. The molecule has 32 heavy (non-hydrogen) atoms. The molecular weight excluding hydrogens is 444 g/mol. The van der Waals surface area contributed by atoms with Gasteiger partial charge in [-0.1, -0.05) is 17.7 Å². The number of carbonyl (C=O) groups is 1. The van der Waals surface area contributed by atoms with Gasteiger partial charge in [-0.25, -0.2) is 9.97 Å². The Labute approximate surface area is 196 Å². The Hall–Kier alpha value is -2.42. The van der Waals surface area contributed by atoms with Crippen molar-refractivity contribution in [3.8, 4) is 0 Å². The first kappa shape index (κ1) is 21.4. The molecule has 2 saturated heterocycles. The molecule has 7 nitrogen and oxygen atoms in total. The lowest BCUT2D eigenvalue weighted by Crippen LogP contribution is -2.51. The summed E-state index contributed by atoms with van der Waals surface area (Å²) in [7, 11) is 1.80. The Bertz CT molecular complexity index is 1150. The lowest BCUT2D eigenvalue weighted by molar-refractivity contribution is 0.0959. The molecule has 3 aromatic rings. The van der Waals surface area contributed by atoms with Gasteiger partial charge in [0.15, 0.2) is 0 Å². The number of aromatic nitrogens is 2. The summed E-state index contributed by atoms with van der Waals surface area (Å²) in [5.41, 5.74) is 4.52. The van der Waals surface area contributed by atoms with Crippen molar-refractivity contribution in [2.24, 2.45) is 0 Å². The molecule has 0 saturated carbocycles. The first-order chi connectivity index (χ1) is 15.5. The van der Waals surface area contributed by atoms with Gasteiger partial charge >= 0.3 is 0 Å². The van der Waals surface area contributed by atoms with Crippen molar-refractivity contribution in [1.82, 2.24) is 20.6 Å². The zero-order valence-corrected chi connectivity index (χ0v) is 19.8. The van der Waals surface area contributed by atoms with E-state index in [-0.39, 0.29) is 5.91 Å². The molecule has 0 spiro atoms. The third-order valence-electron chi connectivity index (χ3n) is 6.25. The maximum atomic E-state index is 12.8. The van der Waals surface area contributed by atoms with Crippen molar-refractivity contribution < 1.29 is 4.79 Å². The molecule has 0 aliphatic carbocycles. The normalized spacial score (nSPS) is 20.0. The average Bonchev–Trinajstić information content (AvgIpc) is 3.31. The van der Waals surface area contributed by atoms with Gasteiger partial charge in [0.25, 0.3) is 5.91 Å². The lowest BCUT2D eigenvalue weighted by Gasteiger charge is -2.35. The van der Waals surface area contributed by atoms with Crippen molar-refractivity contribution in [2.45, 2.75) is 38.3 Å². The molecule has 2 atom stereocenters. The maximum Gasteiger partial charge on any atom is 0.263 e. The number of nitrogens with zero attached hydrogens (tertiary/aromatic N) is 3. The second-order valence-electron chi connectivity index (χ2n) is 8.56. The predicted octanol–water partition coefficient (Wildman–Crippen LogP) is 3.61. The number of amides is 1. The van der Waals surface area contributed by atoms with Crippen LogP contribution < -0.4 is 20.9 Å². The smallest absolute Gasteiger partial charge is 0.263 e. The second kappa shape index (κ2) is 8.84. The van der Waals surface area contributed by atoms with Crippen molar-refractivity contribution in [1.29, 1.82) is 0 Å². The quantitative estimate of drug-likeness (QED) is 0.510. The van der Waals surface area contributed by atoms with Crippen LogP contribution in [0.5, 0.6) is 0 Å². The Balaban J connectivity index is 1.22. The van der Waals surface area contributed by atoms with Gasteiger partial charge in [0.2, 0.25) is 0 Å². The van der Waals surface area contributed by atoms with E-state index in [4.69, 9.17) is 11.6 Å². The van der Waals surface area contributed by atoms with E-state index in [9.17, 15) is 4.79 Å². The molecule has 168 valence electrons. The van der Waals surface area contributed by atoms with Crippen LogP contribution >= 0.6 is 22.9 Å². The highest BCUT2D eigenvalue weighted by Crippen LogP contribution is 2.33. The molecular formula is C23H27ClN6OS. The standard InChI is InChI=1S/C23H27ClN6OS/c1-13-10-27-20-19(25-2)21(32-23(20)28-13)22(31)26-8-7-14-3-6-18(17(24)9-14)30-11-15-4-5-16(12-30)29-15/h3,6,9-10,15-16,25,29H,4-5,7-8,11-12H2,1-2H3,(H,26,31)/t15-,16+. The first-order valence-corrected chi connectivity index (χ1v) is 12.2. The summed E-state index contributed by atoms with van der Waals surface area (Å²) >= 11 is 8.01. The highest BCUT2D eigenvalue weighted by molar-refractivity contribution is 7.21. The number of benzene rings is 1. The monoisotopic (exact) mass is 470 g/mol. The number of piperazine rings is 1. The molecule has 2 aliphatic heterocycles. The fourth-order valence-electron chi connectivity index (χ4n) is 4.70. The lowest BCUT2D eigenvalue weighted by atomic mass is 10.1. The molecule has 0 unspecified atom stereocenters. The van der Waals surface area contributed by atoms with Gasteiger partial charge in [-0.15, -0.1) is 11.3 Å². The van der Waals surface area contributed by atoms with Crippen LogP contribution in [0.1, 0.15) is 33.8 Å². The summed E-state index contributed by atoms with van der Waals surface area (Å²) in [4.78, 5) is 25.5. The predicted molar refractivity (Wildman–Crippen MR) is 131 cm³/mol. The minimum atomic E-state index is -0.115. The first-order valence-electron chi connectivity index (χ1n) is 11.0. The van der Waals surface area contributed by atoms with Crippen LogP contribution in [0, 0.1) is 6.92 Å². The molecule has 9 heteroatoms. The zero-order chi connectivity index (χ0) is 22.2. The number of thiophene rings is 1. The molecule has 2 aliphatic rings. The Morgan fingerprint density at radius 1 is 1.31 bits per heavy atom. The Kier molecular flexibility index (Phi) is 5.92. The highest BCUT2D eigenvalue weighted by atomic mass is 35.5. The van der Waals surface area contributed by atoms with Gasteiger partial charge in [0, 0.05) is 45.0 Å². The summed E-state index contributed by atoms with van der Waals surface area (Å²) in [6.07, 6.45) is 4.93. The average molecular weight is 471 g/mol. The van der Waals surface area contributed by atoms with Gasteiger partial charge in [-0.05, 0) is 43.9 Å². The Morgan fingerprint density at radius 2 is 2.09 bits per heavy atom. The van der Waals surface area contributed by atoms with Crippen LogP contribution in [0.15, 0.2) is 24.4 Å². The van der Waals surface area contributed by atoms with Gasteiger partial charge in [-0.2, -0.15) is 0 Å². The summed E-state index contributed by atoms with van der Waals surface area (Å²) in [5, 5.41) is 10.6. The molecule has 1 amide bonds. The number of carbonyl (C=O) groups excluding carboxylic acids is 1. The van der Waals surface area contributed by atoms with Gasteiger partial charge < -0.3 is 20.9 Å². The largest absolute Gasteiger partial charge is 0.385 e. The van der Waals surface area contributed by atoms with E-state index in [1.807, 2.05) is 13.0 Å². The van der Waals surface area contributed by atoms with Crippen LogP contribution in [-0.2, 0) is 6.42 Å². The number of hydrogen-bond acceptors (Lipinski definition) is 7. The van der Waals surface area contributed by atoms with Crippen molar-refractivity contribution in [3.05, 3.63) is 45.6 Å². The fraction of sp³-hybridized carbons (Fsp3) is 0.435. The van der Waals surface area contributed by atoms with E-state index in [2.05, 4.69) is 43.0 Å². The maximum absolute atomic E-state index is 12.8. The molecule has 4 heterocycles. The van der Waals surface area contributed by atoms with E-state index >= 15 is 0 Å². The van der Waals surface area contributed by atoms with Crippen molar-refractivity contribution >= 4 is 50.6 Å². The fourth-order valence-corrected chi connectivity index (χ4v) is 6.12. The van der Waals surface area contributed by atoms with E-state index in [1.54, 1.807) is 13.2 Å². The Morgan fingerprint density at radius 3 is 2.81 bits per heavy atom. The number of rotatable bonds is 6. The molecule has 5 rings (SSSR count). The van der Waals surface area contributed by atoms with E-state index in [1.165, 1.54) is 24.2 Å². The third kappa shape index (κ3) is 4.14. The number of fused-ring (bicyclic) bond motifs is 3. The summed E-state index contributed by atoms with van der Waals surface area (Å²) in [6.45, 7) is 4.45. The van der Waals surface area contributed by atoms with Crippen molar-refractivity contribution in [3.63, 3.8) is 0 Å². The van der Waals surface area contributed by atoms with Crippen LogP contribution in [0.3, 0.4) is 0 Å². The van der Waals surface area contributed by atoms with Gasteiger partial charge in [-0.3, -0.25) is 4.79 Å². The van der Waals surface area contributed by atoms with Crippen LogP contribution in [-0.4, -0.2) is 54.6 Å².